The van der Waals surface area contributed by atoms with Crippen LogP contribution in [-0.4, -0.2) is 19.1 Å². The van der Waals surface area contributed by atoms with Gasteiger partial charge in [-0.25, -0.2) is 0 Å². The van der Waals surface area contributed by atoms with Crippen molar-refractivity contribution in [1.82, 2.24) is 5.32 Å². The molecule has 0 fully saturated rings. The Kier molecular flexibility index (Phi) is 6.47. The largest absolute Gasteiger partial charge is 0.490 e. The fourth-order valence-electron chi connectivity index (χ4n) is 2.28. The Morgan fingerprint density at radius 2 is 1.91 bits per heavy atom. The second kappa shape index (κ2) is 8.58. The van der Waals surface area contributed by atoms with E-state index < -0.39 is 0 Å². The summed E-state index contributed by atoms with van der Waals surface area (Å²) in [5, 5.41) is 5.01. The summed E-state index contributed by atoms with van der Waals surface area (Å²) in [7, 11) is 0. The van der Waals surface area contributed by atoms with Gasteiger partial charge in [-0.3, -0.25) is 4.79 Å². The molecule has 2 rings (SSSR count). The molecule has 1 N–H and O–H groups in total. The Morgan fingerprint density at radius 1 is 1.17 bits per heavy atom. The normalized spacial score (nSPS) is 11.8. The summed E-state index contributed by atoms with van der Waals surface area (Å²) < 4.78 is 11.2. The van der Waals surface area contributed by atoms with E-state index in [0.717, 1.165) is 16.2 Å². The van der Waals surface area contributed by atoms with Gasteiger partial charge in [0.1, 0.15) is 0 Å². The van der Waals surface area contributed by atoms with Gasteiger partial charge in [0.05, 0.1) is 25.7 Å². The van der Waals surface area contributed by atoms with E-state index in [9.17, 15) is 4.79 Å². The first-order valence-corrected chi connectivity index (χ1v) is 8.73. The van der Waals surface area contributed by atoms with Crippen LogP contribution in [0.4, 0.5) is 0 Å². The van der Waals surface area contributed by atoms with Gasteiger partial charge in [-0.15, -0.1) is 11.3 Å². The minimum atomic E-state index is -0.0858. The standard InChI is InChI=1S/C18H23NO3S/c1-4-21-16-9-8-14(11-17(16)22-5-2)13(3)19-18(20)12-15-7-6-10-23-15/h6-11,13H,4-5,12H2,1-3H3,(H,19,20)/t13-/m0/s1. The van der Waals surface area contributed by atoms with Crippen molar-refractivity contribution >= 4 is 17.2 Å². The zero-order valence-electron chi connectivity index (χ0n) is 13.8. The molecular weight excluding hydrogens is 310 g/mol. The van der Waals surface area contributed by atoms with E-state index in [0.29, 0.717) is 25.4 Å². The summed E-state index contributed by atoms with van der Waals surface area (Å²) >= 11 is 1.59. The molecule has 0 aliphatic rings. The van der Waals surface area contributed by atoms with Gasteiger partial charge in [0, 0.05) is 4.88 Å². The molecule has 0 bridgehead atoms. The molecule has 23 heavy (non-hydrogen) atoms. The summed E-state index contributed by atoms with van der Waals surface area (Å²) in [5.74, 6) is 1.47. The number of benzene rings is 1. The van der Waals surface area contributed by atoms with E-state index in [1.54, 1.807) is 11.3 Å². The zero-order valence-corrected chi connectivity index (χ0v) is 14.6. The van der Waals surface area contributed by atoms with Crippen molar-refractivity contribution in [1.29, 1.82) is 0 Å². The maximum Gasteiger partial charge on any atom is 0.225 e. The molecule has 1 aromatic carbocycles. The predicted molar refractivity (Wildman–Crippen MR) is 93.4 cm³/mol. The molecule has 0 saturated heterocycles. The Labute approximate surface area is 141 Å². The van der Waals surface area contributed by atoms with Crippen molar-refractivity contribution in [2.45, 2.75) is 33.2 Å². The average Bonchev–Trinajstić information content (AvgIpc) is 3.02. The predicted octanol–water partition coefficient (Wildman–Crippen LogP) is 3.97. The molecule has 1 atom stereocenters. The van der Waals surface area contributed by atoms with Crippen LogP contribution in [0, 0.1) is 0 Å². The molecule has 1 heterocycles. The Morgan fingerprint density at radius 3 is 2.57 bits per heavy atom. The van der Waals surface area contributed by atoms with Crippen LogP contribution in [0.15, 0.2) is 35.7 Å². The first kappa shape index (κ1) is 17.3. The van der Waals surface area contributed by atoms with Crippen molar-refractivity contribution in [3.63, 3.8) is 0 Å². The molecule has 0 aliphatic carbocycles. The first-order chi connectivity index (χ1) is 11.1. The molecule has 0 aliphatic heterocycles. The third kappa shape index (κ3) is 4.99. The number of hydrogen-bond acceptors (Lipinski definition) is 4. The fourth-order valence-corrected chi connectivity index (χ4v) is 2.99. The first-order valence-electron chi connectivity index (χ1n) is 7.85. The molecule has 124 valence electrons. The minimum Gasteiger partial charge on any atom is -0.490 e. The lowest BCUT2D eigenvalue weighted by atomic mass is 10.1. The second-order valence-electron chi connectivity index (χ2n) is 5.12. The third-order valence-corrected chi connectivity index (χ3v) is 4.24. The second-order valence-corrected chi connectivity index (χ2v) is 6.15. The smallest absolute Gasteiger partial charge is 0.225 e. The zero-order chi connectivity index (χ0) is 16.7. The van der Waals surface area contributed by atoms with E-state index in [1.807, 2.05) is 56.5 Å². The average molecular weight is 333 g/mol. The van der Waals surface area contributed by atoms with E-state index in [2.05, 4.69) is 5.32 Å². The van der Waals surface area contributed by atoms with Crippen LogP contribution in [0.3, 0.4) is 0 Å². The highest BCUT2D eigenvalue weighted by molar-refractivity contribution is 7.10. The maximum atomic E-state index is 12.1. The number of carbonyl (C=O) groups excluding carboxylic acids is 1. The molecule has 0 spiro atoms. The highest BCUT2D eigenvalue weighted by atomic mass is 32.1. The number of amides is 1. The fraction of sp³-hybridized carbons (Fsp3) is 0.389. The third-order valence-electron chi connectivity index (χ3n) is 3.36. The molecule has 2 aromatic rings. The number of nitrogens with one attached hydrogen (secondary N) is 1. The van der Waals surface area contributed by atoms with Gasteiger partial charge < -0.3 is 14.8 Å². The summed E-state index contributed by atoms with van der Waals surface area (Å²) in [6.45, 7) is 7.01. The minimum absolute atomic E-state index is 0.0202. The summed E-state index contributed by atoms with van der Waals surface area (Å²) in [4.78, 5) is 13.2. The Balaban J connectivity index is 2.04. The summed E-state index contributed by atoms with van der Waals surface area (Å²) in [6.07, 6.45) is 0.414. The van der Waals surface area contributed by atoms with Crippen molar-refractivity contribution in [2.24, 2.45) is 0 Å². The van der Waals surface area contributed by atoms with Crippen LogP contribution in [-0.2, 0) is 11.2 Å². The van der Waals surface area contributed by atoms with Crippen LogP contribution in [0.25, 0.3) is 0 Å². The van der Waals surface area contributed by atoms with Crippen molar-refractivity contribution < 1.29 is 14.3 Å². The molecule has 1 aromatic heterocycles. The highest BCUT2D eigenvalue weighted by Crippen LogP contribution is 2.30. The van der Waals surface area contributed by atoms with Gasteiger partial charge in [-0.2, -0.15) is 0 Å². The number of hydrogen-bond donors (Lipinski definition) is 1. The maximum absolute atomic E-state index is 12.1. The van der Waals surface area contributed by atoms with Crippen molar-refractivity contribution in [3.05, 3.63) is 46.2 Å². The van der Waals surface area contributed by atoms with Crippen molar-refractivity contribution in [2.75, 3.05) is 13.2 Å². The van der Waals surface area contributed by atoms with Crippen LogP contribution in [0.5, 0.6) is 11.5 Å². The van der Waals surface area contributed by atoms with E-state index in [4.69, 9.17) is 9.47 Å². The van der Waals surface area contributed by atoms with Crippen molar-refractivity contribution in [3.8, 4) is 11.5 Å². The van der Waals surface area contributed by atoms with E-state index in [-0.39, 0.29) is 11.9 Å². The van der Waals surface area contributed by atoms with Crippen LogP contribution in [0.1, 0.15) is 37.3 Å². The summed E-state index contributed by atoms with van der Waals surface area (Å²) in [6, 6.07) is 9.63. The molecule has 1 amide bonds. The monoisotopic (exact) mass is 333 g/mol. The van der Waals surface area contributed by atoms with Gasteiger partial charge in [0.15, 0.2) is 11.5 Å². The summed E-state index contributed by atoms with van der Waals surface area (Å²) in [5.41, 5.74) is 0.997. The number of ether oxygens (including phenoxy) is 2. The van der Waals surface area contributed by atoms with Gasteiger partial charge in [0.25, 0.3) is 0 Å². The van der Waals surface area contributed by atoms with E-state index in [1.165, 1.54) is 0 Å². The van der Waals surface area contributed by atoms with Gasteiger partial charge >= 0.3 is 0 Å². The lowest BCUT2D eigenvalue weighted by Gasteiger charge is -2.17. The molecule has 0 saturated carbocycles. The molecule has 5 heteroatoms. The lowest BCUT2D eigenvalue weighted by Crippen LogP contribution is -2.27. The topological polar surface area (TPSA) is 47.6 Å². The number of thiophene rings is 1. The quantitative estimate of drug-likeness (QED) is 0.795. The van der Waals surface area contributed by atoms with Gasteiger partial charge in [0.2, 0.25) is 5.91 Å². The lowest BCUT2D eigenvalue weighted by molar-refractivity contribution is -0.121. The highest BCUT2D eigenvalue weighted by Gasteiger charge is 2.13. The van der Waals surface area contributed by atoms with E-state index >= 15 is 0 Å². The van der Waals surface area contributed by atoms with Crippen LogP contribution >= 0.6 is 11.3 Å². The van der Waals surface area contributed by atoms with Crippen LogP contribution in [0.2, 0.25) is 0 Å². The molecule has 0 radical (unpaired) electrons. The van der Waals surface area contributed by atoms with Crippen LogP contribution < -0.4 is 14.8 Å². The molecular formula is C18H23NO3S. The Hall–Kier alpha value is -2.01. The van der Waals surface area contributed by atoms with Gasteiger partial charge in [-0.05, 0) is 49.9 Å². The SMILES string of the molecule is CCOc1ccc([C@H](C)NC(=O)Cc2cccs2)cc1OCC. The molecule has 4 nitrogen and oxygen atoms in total. The van der Waals surface area contributed by atoms with Gasteiger partial charge in [-0.1, -0.05) is 12.1 Å². The molecule has 0 unspecified atom stereocenters. The number of carbonyl (C=O) groups is 1. The Bertz CT molecular complexity index is 625. The number of rotatable bonds is 8.